The van der Waals surface area contributed by atoms with Crippen molar-refractivity contribution < 1.29 is 19.8 Å². The molecule has 1 aromatic rings. The van der Waals surface area contributed by atoms with Gasteiger partial charge in [0.2, 0.25) is 0 Å². The van der Waals surface area contributed by atoms with E-state index in [-0.39, 0.29) is 12.8 Å². The molecule has 0 saturated carbocycles. The number of carboxylic acids is 2. The lowest BCUT2D eigenvalue weighted by Gasteiger charge is -2.23. The molecule has 22 heavy (non-hydrogen) atoms. The molecule has 2 rings (SSSR count). The van der Waals surface area contributed by atoms with Crippen LogP contribution in [0.2, 0.25) is 0 Å². The van der Waals surface area contributed by atoms with E-state index in [0.717, 1.165) is 29.8 Å². The number of hydrogen-bond acceptors (Lipinski definition) is 5. The summed E-state index contributed by atoms with van der Waals surface area (Å²) in [4.78, 5) is 24.6. The van der Waals surface area contributed by atoms with Crippen LogP contribution in [0.15, 0.2) is 0 Å². The van der Waals surface area contributed by atoms with Gasteiger partial charge in [-0.05, 0) is 31.2 Å². The molecule has 7 heteroatoms. The fourth-order valence-corrected chi connectivity index (χ4v) is 4.08. The molecule has 0 spiro atoms. The summed E-state index contributed by atoms with van der Waals surface area (Å²) in [6.07, 6.45) is 3.37. The highest BCUT2D eigenvalue weighted by atomic mass is 32.1. The molecule has 1 aromatic heterocycles. The number of carboxylic acid groups (broad SMARTS) is 2. The molecule has 0 saturated heterocycles. The van der Waals surface area contributed by atoms with Crippen LogP contribution in [0.5, 0.6) is 0 Å². The van der Waals surface area contributed by atoms with Crippen LogP contribution >= 0.6 is 11.3 Å². The average molecular weight is 322 g/mol. The van der Waals surface area contributed by atoms with Crippen molar-refractivity contribution in [3.63, 3.8) is 0 Å². The van der Waals surface area contributed by atoms with Gasteiger partial charge in [0.05, 0.1) is 12.0 Å². The Kier molecular flexibility index (Phi) is 5.39. The summed E-state index contributed by atoms with van der Waals surface area (Å²) in [7, 11) is 0. The summed E-state index contributed by atoms with van der Waals surface area (Å²) in [5.41, 5.74) is 1.75. The summed E-state index contributed by atoms with van der Waals surface area (Å²) >= 11 is 1.55. The van der Waals surface area contributed by atoms with E-state index < -0.39 is 11.9 Å². The number of nitrogens with zero attached hydrogens (tertiary/aromatic N) is 2. The number of carbonyl (C=O) groups is 2. The lowest BCUT2D eigenvalue weighted by atomic mass is 10.1. The molecule has 0 atom stereocenters. The molecule has 0 bridgehead atoms. The van der Waals surface area contributed by atoms with Crippen molar-refractivity contribution in [2.24, 2.45) is 0 Å². The van der Waals surface area contributed by atoms with E-state index >= 15 is 0 Å². The number of aliphatic carboxylic acids is 2. The smallest absolute Gasteiger partial charge is 0.305 e. The second-order valence-electron chi connectivity index (χ2n) is 5.28. The zero-order valence-electron chi connectivity index (χ0n) is 12.2. The van der Waals surface area contributed by atoms with Crippen LogP contribution < -0.4 is 4.90 Å². The highest BCUT2D eigenvalue weighted by molar-refractivity contribution is 7.16. The second kappa shape index (κ2) is 7.27. The first-order chi connectivity index (χ1) is 10.5. The van der Waals surface area contributed by atoms with Crippen LogP contribution in [-0.4, -0.2) is 35.2 Å². The van der Waals surface area contributed by atoms with Gasteiger partial charge in [-0.2, -0.15) is 5.26 Å². The molecule has 6 nitrogen and oxygen atoms in total. The van der Waals surface area contributed by atoms with E-state index in [1.54, 1.807) is 11.3 Å². The third-order valence-corrected chi connectivity index (χ3v) is 5.07. The zero-order valence-corrected chi connectivity index (χ0v) is 13.0. The van der Waals surface area contributed by atoms with Gasteiger partial charge >= 0.3 is 11.9 Å². The number of thiophene rings is 1. The van der Waals surface area contributed by atoms with Crippen molar-refractivity contribution >= 4 is 28.3 Å². The molecule has 1 heterocycles. The summed E-state index contributed by atoms with van der Waals surface area (Å²) in [6.45, 7) is 0.747. The number of rotatable bonds is 8. The number of aryl methyl sites for hydroxylation is 1. The van der Waals surface area contributed by atoms with Crippen molar-refractivity contribution in [1.29, 1.82) is 5.26 Å². The molecule has 0 fully saturated rings. The molecule has 0 amide bonds. The van der Waals surface area contributed by atoms with Crippen LogP contribution in [-0.2, 0) is 22.4 Å². The van der Waals surface area contributed by atoms with E-state index in [0.29, 0.717) is 25.1 Å². The van der Waals surface area contributed by atoms with E-state index in [1.165, 1.54) is 4.88 Å². The monoisotopic (exact) mass is 322 g/mol. The van der Waals surface area contributed by atoms with Gasteiger partial charge in [0.1, 0.15) is 11.1 Å². The van der Waals surface area contributed by atoms with E-state index in [9.17, 15) is 14.9 Å². The Hall–Kier alpha value is -2.07. The molecule has 118 valence electrons. The highest BCUT2D eigenvalue weighted by Gasteiger charge is 2.25. The first-order valence-corrected chi connectivity index (χ1v) is 8.07. The molecular formula is C15H18N2O4S. The summed E-state index contributed by atoms with van der Waals surface area (Å²) < 4.78 is 0. The molecule has 0 aliphatic heterocycles. The van der Waals surface area contributed by atoms with E-state index in [4.69, 9.17) is 10.2 Å². The van der Waals surface area contributed by atoms with Crippen molar-refractivity contribution in [3.8, 4) is 6.07 Å². The highest BCUT2D eigenvalue weighted by Crippen LogP contribution is 2.40. The SMILES string of the molecule is N#Cc1c(N(CCCC(=O)O)CCC(=O)O)sc2c1CCC2. The molecule has 0 aromatic carbocycles. The second-order valence-corrected chi connectivity index (χ2v) is 6.36. The topological polar surface area (TPSA) is 102 Å². The lowest BCUT2D eigenvalue weighted by Crippen LogP contribution is -2.27. The first kappa shape index (κ1) is 16.3. The van der Waals surface area contributed by atoms with Crippen LogP contribution in [0.4, 0.5) is 5.00 Å². The van der Waals surface area contributed by atoms with Gasteiger partial charge in [-0.15, -0.1) is 11.3 Å². The Morgan fingerprint density at radius 3 is 2.55 bits per heavy atom. The molecule has 0 radical (unpaired) electrons. The largest absolute Gasteiger partial charge is 0.481 e. The van der Waals surface area contributed by atoms with Gasteiger partial charge in [0.25, 0.3) is 0 Å². The minimum atomic E-state index is -0.897. The normalized spacial score (nSPS) is 12.7. The van der Waals surface area contributed by atoms with Crippen molar-refractivity contribution in [2.75, 3.05) is 18.0 Å². The average Bonchev–Trinajstić information content (AvgIpc) is 3.01. The molecule has 2 N–H and O–H groups in total. The molecule has 1 aliphatic carbocycles. The Balaban J connectivity index is 2.18. The number of fused-ring (bicyclic) bond motifs is 1. The maximum atomic E-state index is 10.8. The maximum absolute atomic E-state index is 10.8. The van der Waals surface area contributed by atoms with Gasteiger partial charge < -0.3 is 15.1 Å². The maximum Gasteiger partial charge on any atom is 0.305 e. The summed E-state index contributed by atoms with van der Waals surface area (Å²) in [5.74, 6) is -1.77. The van der Waals surface area contributed by atoms with E-state index in [2.05, 4.69) is 6.07 Å². The predicted octanol–water partition coefficient (Wildman–Crippen LogP) is 2.25. The minimum Gasteiger partial charge on any atom is -0.481 e. The van der Waals surface area contributed by atoms with Crippen LogP contribution in [0.3, 0.4) is 0 Å². The molecular weight excluding hydrogens is 304 g/mol. The third kappa shape index (κ3) is 3.77. The van der Waals surface area contributed by atoms with Crippen LogP contribution in [0.1, 0.15) is 41.7 Å². The van der Waals surface area contributed by atoms with Crippen LogP contribution in [0.25, 0.3) is 0 Å². The standard InChI is InChI=1S/C15H18N2O4S/c16-9-11-10-3-1-4-12(10)22-15(11)17(8-6-14(20)21)7-2-5-13(18)19/h1-8H2,(H,18,19)(H,20,21). The summed E-state index contributed by atoms with van der Waals surface area (Å²) in [5, 5.41) is 27.9. The molecule has 0 unspecified atom stereocenters. The van der Waals surface area contributed by atoms with Crippen LogP contribution in [0, 0.1) is 11.3 Å². The fraction of sp³-hybridized carbons (Fsp3) is 0.533. The van der Waals surface area contributed by atoms with Crippen molar-refractivity contribution in [3.05, 3.63) is 16.0 Å². The Morgan fingerprint density at radius 2 is 1.91 bits per heavy atom. The summed E-state index contributed by atoms with van der Waals surface area (Å²) in [6, 6.07) is 2.25. The predicted molar refractivity (Wildman–Crippen MR) is 82.4 cm³/mol. The van der Waals surface area contributed by atoms with Gasteiger partial charge in [-0.25, -0.2) is 0 Å². The first-order valence-electron chi connectivity index (χ1n) is 7.26. The van der Waals surface area contributed by atoms with Crippen molar-refractivity contribution in [1.82, 2.24) is 0 Å². The van der Waals surface area contributed by atoms with Crippen molar-refractivity contribution in [2.45, 2.75) is 38.5 Å². The zero-order chi connectivity index (χ0) is 16.1. The van der Waals surface area contributed by atoms with Gasteiger partial charge in [-0.3, -0.25) is 9.59 Å². The lowest BCUT2D eigenvalue weighted by molar-refractivity contribution is -0.138. The Labute approximate surface area is 132 Å². The van der Waals surface area contributed by atoms with Gasteiger partial charge in [0.15, 0.2) is 0 Å². The fourth-order valence-electron chi connectivity index (χ4n) is 2.69. The third-order valence-electron chi connectivity index (χ3n) is 3.72. The molecule has 1 aliphatic rings. The quantitative estimate of drug-likeness (QED) is 0.761. The number of hydrogen-bond donors (Lipinski definition) is 2. The Morgan fingerprint density at radius 1 is 1.18 bits per heavy atom. The Bertz CT molecular complexity index is 618. The number of nitriles is 1. The van der Waals surface area contributed by atoms with Gasteiger partial charge in [-0.1, -0.05) is 0 Å². The minimum absolute atomic E-state index is 0.0273. The number of anilines is 1. The van der Waals surface area contributed by atoms with E-state index in [1.807, 2.05) is 4.90 Å². The van der Waals surface area contributed by atoms with Gasteiger partial charge in [0, 0.05) is 24.4 Å².